The Morgan fingerprint density at radius 1 is 0.641 bits per heavy atom. The van der Waals surface area contributed by atoms with Crippen molar-refractivity contribution in [3.63, 3.8) is 0 Å². The Bertz CT molecular complexity index is 2020. The normalized spacial score (nSPS) is 12.1. The lowest BCUT2D eigenvalue weighted by atomic mass is 10.0. The Labute approximate surface area is 229 Å². The molecule has 7 aromatic rings. The monoisotopic (exact) mass is 522 g/mol. The van der Waals surface area contributed by atoms with Crippen LogP contribution in [0.1, 0.15) is 5.69 Å². The molecule has 0 aliphatic rings. The van der Waals surface area contributed by atoms with Crippen molar-refractivity contribution in [2.24, 2.45) is 0 Å². The van der Waals surface area contributed by atoms with Gasteiger partial charge in [-0.2, -0.15) is 5.10 Å². The summed E-state index contributed by atoms with van der Waals surface area (Å²) >= 11 is 0. The fourth-order valence-corrected chi connectivity index (χ4v) is 7.47. The molecule has 3 heterocycles. The summed E-state index contributed by atoms with van der Waals surface area (Å²) < 4.78 is 4.36. The minimum absolute atomic E-state index is 1.05. The number of benzene rings is 4. The molecule has 0 saturated heterocycles. The van der Waals surface area contributed by atoms with Gasteiger partial charge in [0.25, 0.3) is 0 Å². The van der Waals surface area contributed by atoms with E-state index >= 15 is 0 Å². The van der Waals surface area contributed by atoms with Crippen molar-refractivity contribution < 1.29 is 0 Å². The molecule has 0 aliphatic heterocycles. The zero-order valence-electron chi connectivity index (χ0n) is 22.7. The summed E-state index contributed by atoms with van der Waals surface area (Å²) in [5.74, 6) is 0. The summed E-state index contributed by atoms with van der Waals surface area (Å²) in [5.41, 5.74) is 9.08. The molecular formula is C34H30N4Si. The molecule has 3 aromatic heterocycles. The smallest absolute Gasteiger partial charge is 0.0784 e. The Morgan fingerprint density at radius 3 is 2.26 bits per heavy atom. The fourth-order valence-electron chi connectivity index (χ4n) is 5.88. The van der Waals surface area contributed by atoms with Crippen molar-refractivity contribution in [2.75, 3.05) is 0 Å². The maximum absolute atomic E-state index is 4.89. The van der Waals surface area contributed by atoms with Crippen molar-refractivity contribution in [2.45, 2.75) is 26.6 Å². The van der Waals surface area contributed by atoms with Crippen molar-refractivity contribution >= 4 is 46.0 Å². The highest BCUT2D eigenvalue weighted by atomic mass is 28.3. The van der Waals surface area contributed by atoms with Gasteiger partial charge in [-0.25, -0.2) is 4.68 Å². The third-order valence-electron chi connectivity index (χ3n) is 7.73. The van der Waals surface area contributed by atoms with E-state index in [0.717, 1.165) is 22.6 Å². The molecule has 0 bridgehead atoms. The molecule has 0 unspecified atom stereocenters. The third kappa shape index (κ3) is 3.81. The number of aromatic nitrogens is 4. The molecule has 0 fully saturated rings. The lowest BCUT2D eigenvalue weighted by Crippen LogP contribution is -2.38. The second-order valence-electron chi connectivity index (χ2n) is 11.3. The Morgan fingerprint density at radius 2 is 1.44 bits per heavy atom. The van der Waals surface area contributed by atoms with Gasteiger partial charge < -0.3 is 4.57 Å². The van der Waals surface area contributed by atoms with Crippen molar-refractivity contribution in [1.82, 2.24) is 19.3 Å². The van der Waals surface area contributed by atoms with E-state index in [1.54, 1.807) is 0 Å². The van der Waals surface area contributed by atoms with Crippen LogP contribution in [0.3, 0.4) is 0 Å². The van der Waals surface area contributed by atoms with Crippen LogP contribution in [-0.4, -0.2) is 27.4 Å². The number of hydrogen-bond acceptors (Lipinski definition) is 2. The van der Waals surface area contributed by atoms with E-state index in [4.69, 9.17) is 4.98 Å². The molecule has 0 saturated carbocycles. The second kappa shape index (κ2) is 8.78. The first kappa shape index (κ1) is 23.6. The molecule has 7 rings (SSSR count). The number of aryl methyl sites for hydroxylation is 1. The molecule has 4 aromatic carbocycles. The van der Waals surface area contributed by atoms with E-state index in [1.807, 2.05) is 23.1 Å². The van der Waals surface area contributed by atoms with Gasteiger partial charge in [-0.15, -0.1) is 0 Å². The van der Waals surface area contributed by atoms with E-state index in [-0.39, 0.29) is 0 Å². The van der Waals surface area contributed by atoms with Gasteiger partial charge in [0.05, 0.1) is 30.3 Å². The standard InChI is InChI=1S/C34H30N4Si/c1-23-18-20-36-38(23)26-10-7-9-25(22-26)37-31-13-6-5-11-28(31)29-15-14-24(21-32(29)37)27-16-17-33(39(2,3)4)30-12-8-19-35-34(27)30/h5-22H,1-4H3. The highest BCUT2D eigenvalue weighted by molar-refractivity contribution is 6.90. The van der Waals surface area contributed by atoms with Gasteiger partial charge in [0.15, 0.2) is 0 Å². The fraction of sp³-hybridized carbons (Fsp3) is 0.118. The Kier molecular flexibility index (Phi) is 5.32. The summed E-state index contributed by atoms with van der Waals surface area (Å²) in [5, 5.41) is 9.76. The molecule has 190 valence electrons. The van der Waals surface area contributed by atoms with Gasteiger partial charge in [0.2, 0.25) is 0 Å². The topological polar surface area (TPSA) is 35.6 Å². The summed E-state index contributed by atoms with van der Waals surface area (Å²) in [7, 11) is -1.52. The predicted octanol–water partition coefficient (Wildman–Crippen LogP) is 8.04. The number of nitrogens with zero attached hydrogens (tertiary/aromatic N) is 4. The minimum atomic E-state index is -1.52. The van der Waals surface area contributed by atoms with Crippen LogP contribution in [0.15, 0.2) is 109 Å². The van der Waals surface area contributed by atoms with Gasteiger partial charge in [-0.1, -0.05) is 79.4 Å². The van der Waals surface area contributed by atoms with Crippen LogP contribution < -0.4 is 5.19 Å². The Hall–Kier alpha value is -4.48. The van der Waals surface area contributed by atoms with E-state index in [9.17, 15) is 0 Å². The lowest BCUT2D eigenvalue weighted by Gasteiger charge is -2.20. The summed E-state index contributed by atoms with van der Waals surface area (Å²) in [6.45, 7) is 9.28. The molecule has 0 radical (unpaired) electrons. The largest absolute Gasteiger partial charge is 0.309 e. The molecule has 39 heavy (non-hydrogen) atoms. The average Bonchev–Trinajstić information content (AvgIpc) is 3.52. The van der Waals surface area contributed by atoms with E-state index in [2.05, 4.69) is 127 Å². The lowest BCUT2D eigenvalue weighted by molar-refractivity contribution is 0.846. The number of para-hydroxylation sites is 1. The van der Waals surface area contributed by atoms with Crippen LogP contribution in [0.4, 0.5) is 0 Å². The van der Waals surface area contributed by atoms with Crippen molar-refractivity contribution in [3.8, 4) is 22.5 Å². The van der Waals surface area contributed by atoms with Gasteiger partial charge in [0.1, 0.15) is 0 Å². The molecule has 4 nitrogen and oxygen atoms in total. The summed E-state index contributed by atoms with van der Waals surface area (Å²) in [6.07, 6.45) is 3.76. The van der Waals surface area contributed by atoms with E-state index < -0.39 is 8.07 Å². The molecule has 5 heteroatoms. The van der Waals surface area contributed by atoms with Gasteiger partial charge >= 0.3 is 0 Å². The number of fused-ring (bicyclic) bond motifs is 4. The van der Waals surface area contributed by atoms with Gasteiger partial charge in [0, 0.05) is 45.5 Å². The summed E-state index contributed by atoms with van der Waals surface area (Å²) in [4.78, 5) is 4.89. The van der Waals surface area contributed by atoms with Gasteiger partial charge in [-0.3, -0.25) is 4.98 Å². The van der Waals surface area contributed by atoms with Crippen LogP contribution in [-0.2, 0) is 0 Å². The second-order valence-corrected chi connectivity index (χ2v) is 16.3. The molecule has 0 N–H and O–H groups in total. The van der Waals surface area contributed by atoms with Crippen LogP contribution >= 0.6 is 0 Å². The number of hydrogen-bond donors (Lipinski definition) is 0. The van der Waals surface area contributed by atoms with E-state index in [1.165, 1.54) is 43.5 Å². The average molecular weight is 523 g/mol. The molecule has 0 aliphatic carbocycles. The van der Waals surface area contributed by atoms with Crippen molar-refractivity contribution in [3.05, 3.63) is 115 Å². The first-order chi connectivity index (χ1) is 18.9. The number of pyridine rings is 1. The third-order valence-corrected chi connectivity index (χ3v) is 9.78. The Balaban J connectivity index is 1.49. The highest BCUT2D eigenvalue weighted by Gasteiger charge is 2.21. The SMILES string of the molecule is Cc1ccnn1-c1cccc(-n2c3ccccc3c3ccc(-c4ccc([Si](C)(C)C)c5cccnc45)cc32)c1. The van der Waals surface area contributed by atoms with Crippen LogP contribution in [0.5, 0.6) is 0 Å². The zero-order valence-corrected chi connectivity index (χ0v) is 23.7. The maximum atomic E-state index is 4.89. The molecule has 0 spiro atoms. The predicted molar refractivity (Wildman–Crippen MR) is 166 cm³/mol. The van der Waals surface area contributed by atoms with E-state index in [0.29, 0.717) is 0 Å². The van der Waals surface area contributed by atoms with Gasteiger partial charge in [-0.05, 0) is 55.0 Å². The van der Waals surface area contributed by atoms with Crippen LogP contribution in [0.25, 0.3) is 55.2 Å². The minimum Gasteiger partial charge on any atom is -0.309 e. The molecule has 0 atom stereocenters. The first-order valence-corrected chi connectivity index (χ1v) is 16.9. The molecular weight excluding hydrogens is 492 g/mol. The zero-order chi connectivity index (χ0) is 26.7. The number of rotatable bonds is 4. The summed E-state index contributed by atoms with van der Waals surface area (Å²) in [6, 6.07) is 35.1. The van der Waals surface area contributed by atoms with Crippen LogP contribution in [0.2, 0.25) is 19.6 Å². The van der Waals surface area contributed by atoms with Crippen LogP contribution in [0, 0.1) is 6.92 Å². The quantitative estimate of drug-likeness (QED) is 0.219. The van der Waals surface area contributed by atoms with Crippen molar-refractivity contribution in [1.29, 1.82) is 0 Å². The maximum Gasteiger partial charge on any atom is 0.0784 e. The molecule has 0 amide bonds. The first-order valence-electron chi connectivity index (χ1n) is 13.4. The highest BCUT2D eigenvalue weighted by Crippen LogP contribution is 2.36.